The molecule has 16 heavy (non-hydrogen) atoms. The molecule has 0 radical (unpaired) electrons. The average Bonchev–Trinajstić information content (AvgIpc) is 2.83. The van der Waals surface area contributed by atoms with Gasteiger partial charge in [-0.2, -0.15) is 0 Å². The van der Waals surface area contributed by atoms with Crippen LogP contribution < -0.4 is 5.32 Å². The Kier molecular flexibility index (Phi) is 2.82. The summed E-state index contributed by atoms with van der Waals surface area (Å²) in [6.45, 7) is 3.40. The van der Waals surface area contributed by atoms with Gasteiger partial charge in [-0.3, -0.25) is 4.79 Å². The first-order valence-corrected chi connectivity index (χ1v) is 4.75. The van der Waals surface area contributed by atoms with E-state index in [9.17, 15) is 4.79 Å². The predicted molar refractivity (Wildman–Crippen MR) is 60.8 cm³/mol. The van der Waals surface area contributed by atoms with Crippen LogP contribution in [0.5, 0.6) is 0 Å². The maximum atomic E-state index is 11.2. The highest BCUT2D eigenvalue weighted by atomic mass is 16.5. The van der Waals surface area contributed by atoms with E-state index in [1.54, 1.807) is 18.3 Å². The van der Waals surface area contributed by atoms with E-state index in [-0.39, 0.29) is 5.91 Å². The van der Waals surface area contributed by atoms with Gasteiger partial charge >= 0.3 is 0 Å². The largest absolute Gasteiger partial charge is 0.356 e. The molecule has 1 heterocycles. The summed E-state index contributed by atoms with van der Waals surface area (Å²) in [5.74, 6) is 0.354. The summed E-state index contributed by atoms with van der Waals surface area (Å²) in [5.41, 5.74) is 1.46. The molecule has 1 aromatic carbocycles. The van der Waals surface area contributed by atoms with Crippen molar-refractivity contribution in [2.45, 2.75) is 0 Å². The van der Waals surface area contributed by atoms with Crippen molar-refractivity contribution in [3.8, 4) is 11.3 Å². The van der Waals surface area contributed by atoms with Crippen LogP contribution in [0.15, 0.2) is 53.7 Å². The summed E-state index contributed by atoms with van der Waals surface area (Å²) in [5, 5.41) is 6.33. The molecule has 1 amide bonds. The van der Waals surface area contributed by atoms with Crippen LogP contribution in [-0.4, -0.2) is 11.1 Å². The van der Waals surface area contributed by atoms with Gasteiger partial charge < -0.3 is 9.84 Å². The van der Waals surface area contributed by atoms with Gasteiger partial charge in [-0.05, 0) is 18.2 Å². The molecule has 0 fully saturated rings. The van der Waals surface area contributed by atoms with Crippen molar-refractivity contribution in [3.05, 3.63) is 49.2 Å². The van der Waals surface area contributed by atoms with Gasteiger partial charge in [0.1, 0.15) is 0 Å². The van der Waals surface area contributed by atoms with E-state index in [1.807, 2.05) is 18.2 Å². The first-order chi connectivity index (χ1) is 7.81. The summed E-state index contributed by atoms with van der Waals surface area (Å²) in [7, 11) is 0. The molecule has 0 saturated heterocycles. The van der Waals surface area contributed by atoms with Crippen molar-refractivity contribution in [2.75, 3.05) is 5.32 Å². The monoisotopic (exact) mass is 214 g/mol. The molecular weight excluding hydrogens is 204 g/mol. The van der Waals surface area contributed by atoms with Crippen molar-refractivity contribution in [1.29, 1.82) is 0 Å². The molecule has 0 aliphatic rings. The Morgan fingerprint density at radius 3 is 2.88 bits per heavy atom. The maximum Gasteiger partial charge on any atom is 0.247 e. The molecule has 80 valence electrons. The third kappa shape index (κ3) is 2.00. The Bertz CT molecular complexity index is 503. The third-order valence-corrected chi connectivity index (χ3v) is 2.07. The van der Waals surface area contributed by atoms with E-state index in [0.29, 0.717) is 11.4 Å². The highest BCUT2D eigenvalue weighted by molar-refractivity contribution is 6.01. The highest BCUT2D eigenvalue weighted by Gasteiger charge is 2.08. The number of carbonyl (C=O) groups excluding carboxylic acids is 1. The number of nitrogens with one attached hydrogen (secondary N) is 1. The maximum absolute atomic E-state index is 11.2. The van der Waals surface area contributed by atoms with Crippen molar-refractivity contribution in [3.63, 3.8) is 0 Å². The SMILES string of the molecule is C=CC(=O)Nc1ccccc1-c1ccno1. The molecule has 0 unspecified atom stereocenters. The first-order valence-electron chi connectivity index (χ1n) is 4.75. The minimum absolute atomic E-state index is 0.257. The fourth-order valence-electron chi connectivity index (χ4n) is 1.35. The zero-order valence-corrected chi connectivity index (χ0v) is 8.51. The van der Waals surface area contributed by atoms with Gasteiger partial charge in [-0.25, -0.2) is 0 Å². The quantitative estimate of drug-likeness (QED) is 0.798. The molecular formula is C12H10N2O2. The van der Waals surface area contributed by atoms with Crippen molar-refractivity contribution >= 4 is 11.6 Å². The van der Waals surface area contributed by atoms with Crippen molar-refractivity contribution in [2.24, 2.45) is 0 Å². The number of amides is 1. The minimum Gasteiger partial charge on any atom is -0.356 e. The van der Waals surface area contributed by atoms with E-state index in [4.69, 9.17) is 4.52 Å². The van der Waals surface area contributed by atoms with Crippen LogP contribution >= 0.6 is 0 Å². The molecule has 0 saturated carbocycles. The van der Waals surface area contributed by atoms with Crippen LogP contribution in [0, 0.1) is 0 Å². The van der Waals surface area contributed by atoms with Crippen LogP contribution in [0.4, 0.5) is 5.69 Å². The molecule has 0 spiro atoms. The van der Waals surface area contributed by atoms with Gasteiger partial charge in [-0.15, -0.1) is 0 Å². The molecule has 4 heteroatoms. The molecule has 1 aromatic heterocycles. The molecule has 2 aromatic rings. The van der Waals surface area contributed by atoms with E-state index in [1.165, 1.54) is 6.08 Å². The number of aromatic nitrogens is 1. The number of nitrogens with zero attached hydrogens (tertiary/aromatic N) is 1. The molecule has 0 aliphatic carbocycles. The van der Waals surface area contributed by atoms with Crippen LogP contribution in [0.25, 0.3) is 11.3 Å². The Balaban J connectivity index is 2.38. The zero-order chi connectivity index (χ0) is 11.4. The topological polar surface area (TPSA) is 55.1 Å². The number of hydrogen-bond acceptors (Lipinski definition) is 3. The van der Waals surface area contributed by atoms with Gasteiger partial charge in [0.25, 0.3) is 0 Å². The van der Waals surface area contributed by atoms with Gasteiger partial charge in [0.2, 0.25) is 5.91 Å². The summed E-state index contributed by atoms with van der Waals surface area (Å²) in [6, 6.07) is 9.07. The fourth-order valence-corrected chi connectivity index (χ4v) is 1.35. The van der Waals surface area contributed by atoms with E-state index in [2.05, 4.69) is 17.1 Å². The van der Waals surface area contributed by atoms with E-state index < -0.39 is 0 Å². The lowest BCUT2D eigenvalue weighted by Crippen LogP contribution is -2.08. The lowest BCUT2D eigenvalue weighted by molar-refractivity contribution is -0.111. The van der Waals surface area contributed by atoms with Crippen LogP contribution in [0.3, 0.4) is 0 Å². The molecule has 0 atom stereocenters. The van der Waals surface area contributed by atoms with Gasteiger partial charge in [-0.1, -0.05) is 23.9 Å². The highest BCUT2D eigenvalue weighted by Crippen LogP contribution is 2.27. The second kappa shape index (κ2) is 4.44. The molecule has 4 nitrogen and oxygen atoms in total. The lowest BCUT2D eigenvalue weighted by Gasteiger charge is -2.06. The Labute approximate surface area is 92.6 Å². The molecule has 2 rings (SSSR count). The summed E-state index contributed by atoms with van der Waals surface area (Å²) < 4.78 is 5.05. The lowest BCUT2D eigenvalue weighted by atomic mass is 10.1. The molecule has 1 N–H and O–H groups in total. The van der Waals surface area contributed by atoms with E-state index >= 15 is 0 Å². The van der Waals surface area contributed by atoms with Crippen LogP contribution in [0.2, 0.25) is 0 Å². The minimum atomic E-state index is -0.257. The van der Waals surface area contributed by atoms with Crippen LogP contribution in [0.1, 0.15) is 0 Å². The number of para-hydroxylation sites is 1. The van der Waals surface area contributed by atoms with Gasteiger partial charge in [0.05, 0.1) is 11.9 Å². The number of carbonyl (C=O) groups is 1. The predicted octanol–water partition coefficient (Wildman–Crippen LogP) is 2.47. The van der Waals surface area contributed by atoms with Gasteiger partial charge in [0.15, 0.2) is 5.76 Å². The smallest absolute Gasteiger partial charge is 0.247 e. The fraction of sp³-hybridized carbons (Fsp3) is 0. The number of rotatable bonds is 3. The first kappa shape index (κ1) is 10.2. The second-order valence-electron chi connectivity index (χ2n) is 3.12. The average molecular weight is 214 g/mol. The normalized spacial score (nSPS) is 9.75. The Hall–Kier alpha value is -2.36. The second-order valence-corrected chi connectivity index (χ2v) is 3.12. The van der Waals surface area contributed by atoms with Crippen molar-refractivity contribution in [1.82, 2.24) is 5.16 Å². The number of benzene rings is 1. The summed E-state index contributed by atoms with van der Waals surface area (Å²) >= 11 is 0. The molecule has 0 aliphatic heterocycles. The summed E-state index contributed by atoms with van der Waals surface area (Å²) in [4.78, 5) is 11.2. The Morgan fingerprint density at radius 1 is 1.38 bits per heavy atom. The molecule has 0 bridgehead atoms. The van der Waals surface area contributed by atoms with Crippen molar-refractivity contribution < 1.29 is 9.32 Å². The summed E-state index contributed by atoms with van der Waals surface area (Å²) in [6.07, 6.45) is 2.78. The van der Waals surface area contributed by atoms with E-state index in [0.717, 1.165) is 5.56 Å². The van der Waals surface area contributed by atoms with Crippen LogP contribution in [-0.2, 0) is 4.79 Å². The Morgan fingerprint density at radius 2 is 2.19 bits per heavy atom. The standard InChI is InChI=1S/C12H10N2O2/c1-2-12(15)14-10-6-4-3-5-9(10)11-7-8-13-16-11/h2-8H,1H2,(H,14,15). The number of hydrogen-bond donors (Lipinski definition) is 1. The van der Waals surface area contributed by atoms with Gasteiger partial charge in [0, 0.05) is 11.6 Å². The zero-order valence-electron chi connectivity index (χ0n) is 8.51. The third-order valence-electron chi connectivity index (χ3n) is 2.07. The number of anilines is 1.